The highest BCUT2D eigenvalue weighted by Crippen LogP contribution is 2.28. The van der Waals surface area contributed by atoms with Gasteiger partial charge in [-0.25, -0.2) is 0 Å². The predicted octanol–water partition coefficient (Wildman–Crippen LogP) is 3.47. The van der Waals surface area contributed by atoms with Crippen molar-refractivity contribution < 1.29 is 14.5 Å². The van der Waals surface area contributed by atoms with Crippen molar-refractivity contribution in [2.24, 2.45) is 0 Å². The van der Waals surface area contributed by atoms with E-state index in [1.165, 1.54) is 25.3 Å². The standard InChI is InChI=1S/C16H16N2O4/c1-10-5-4-6-13(11(10)2)17-16(19)12-7-8-15(22-3)14(9-12)18(20)21/h4-9H,1-3H3,(H,17,19). The van der Waals surface area contributed by atoms with Crippen LogP contribution in [0.3, 0.4) is 0 Å². The second kappa shape index (κ2) is 6.26. The minimum atomic E-state index is -0.576. The zero-order valence-corrected chi connectivity index (χ0v) is 12.5. The number of aryl methyl sites for hydroxylation is 1. The number of ether oxygens (including phenoxy) is 1. The fourth-order valence-corrected chi connectivity index (χ4v) is 2.05. The van der Waals surface area contributed by atoms with E-state index in [1.807, 2.05) is 26.0 Å². The van der Waals surface area contributed by atoms with Crippen LogP contribution in [0.5, 0.6) is 5.75 Å². The van der Waals surface area contributed by atoms with Crippen LogP contribution in [0.2, 0.25) is 0 Å². The predicted molar refractivity (Wildman–Crippen MR) is 83.5 cm³/mol. The molecule has 0 radical (unpaired) electrons. The fraction of sp³-hybridized carbons (Fsp3) is 0.188. The minimum Gasteiger partial charge on any atom is -0.490 e. The van der Waals surface area contributed by atoms with Crippen LogP contribution in [-0.4, -0.2) is 17.9 Å². The van der Waals surface area contributed by atoms with Crippen LogP contribution in [0.4, 0.5) is 11.4 Å². The van der Waals surface area contributed by atoms with Gasteiger partial charge in [-0.2, -0.15) is 0 Å². The molecule has 0 aliphatic carbocycles. The molecular formula is C16H16N2O4. The van der Waals surface area contributed by atoms with E-state index in [1.54, 1.807) is 6.07 Å². The quantitative estimate of drug-likeness (QED) is 0.692. The van der Waals surface area contributed by atoms with Crippen LogP contribution in [-0.2, 0) is 0 Å². The van der Waals surface area contributed by atoms with Crippen LogP contribution in [0, 0.1) is 24.0 Å². The van der Waals surface area contributed by atoms with Crippen LogP contribution < -0.4 is 10.1 Å². The molecule has 6 nitrogen and oxygen atoms in total. The molecule has 0 saturated heterocycles. The maximum absolute atomic E-state index is 12.3. The number of amides is 1. The molecule has 22 heavy (non-hydrogen) atoms. The van der Waals surface area contributed by atoms with Gasteiger partial charge in [-0.15, -0.1) is 0 Å². The lowest BCUT2D eigenvalue weighted by atomic mass is 10.1. The van der Waals surface area contributed by atoms with Gasteiger partial charge in [0.05, 0.1) is 12.0 Å². The van der Waals surface area contributed by atoms with Gasteiger partial charge in [-0.05, 0) is 43.2 Å². The van der Waals surface area contributed by atoms with Gasteiger partial charge >= 0.3 is 5.69 Å². The highest BCUT2D eigenvalue weighted by Gasteiger charge is 2.18. The number of rotatable bonds is 4. The maximum atomic E-state index is 12.3. The summed E-state index contributed by atoms with van der Waals surface area (Å²) in [6, 6.07) is 9.69. The lowest BCUT2D eigenvalue weighted by Crippen LogP contribution is -2.13. The molecule has 0 aliphatic heterocycles. The van der Waals surface area contributed by atoms with Crippen molar-refractivity contribution in [1.82, 2.24) is 0 Å². The number of nitrogens with one attached hydrogen (secondary N) is 1. The van der Waals surface area contributed by atoms with Crippen molar-refractivity contribution in [3.63, 3.8) is 0 Å². The summed E-state index contributed by atoms with van der Waals surface area (Å²) in [7, 11) is 1.35. The number of nitro benzene ring substituents is 1. The number of nitrogens with zero attached hydrogens (tertiary/aromatic N) is 1. The van der Waals surface area contributed by atoms with Gasteiger partial charge in [0.1, 0.15) is 0 Å². The van der Waals surface area contributed by atoms with E-state index in [0.717, 1.165) is 11.1 Å². The number of carbonyl (C=O) groups excluding carboxylic acids is 1. The van der Waals surface area contributed by atoms with E-state index in [4.69, 9.17) is 4.74 Å². The molecule has 0 spiro atoms. The first-order valence-corrected chi connectivity index (χ1v) is 6.64. The second-order valence-electron chi connectivity index (χ2n) is 4.85. The zero-order valence-electron chi connectivity index (χ0n) is 12.5. The summed E-state index contributed by atoms with van der Waals surface area (Å²) < 4.78 is 4.92. The highest BCUT2D eigenvalue weighted by molar-refractivity contribution is 6.05. The Balaban J connectivity index is 2.32. The highest BCUT2D eigenvalue weighted by atomic mass is 16.6. The Hall–Kier alpha value is -2.89. The average molecular weight is 300 g/mol. The van der Waals surface area contributed by atoms with Crippen molar-refractivity contribution in [2.75, 3.05) is 12.4 Å². The number of benzene rings is 2. The number of hydrogen-bond donors (Lipinski definition) is 1. The Morgan fingerprint density at radius 3 is 2.59 bits per heavy atom. The third-order valence-electron chi connectivity index (χ3n) is 3.49. The van der Waals surface area contributed by atoms with Crippen LogP contribution >= 0.6 is 0 Å². The first-order valence-electron chi connectivity index (χ1n) is 6.64. The molecule has 1 N–H and O–H groups in total. The summed E-state index contributed by atoms with van der Waals surface area (Å²) in [5.74, 6) is -0.285. The molecule has 2 aromatic rings. The fourth-order valence-electron chi connectivity index (χ4n) is 2.05. The number of nitro groups is 1. The summed E-state index contributed by atoms with van der Waals surface area (Å²) in [6.45, 7) is 3.85. The van der Waals surface area contributed by atoms with Crippen LogP contribution in [0.15, 0.2) is 36.4 Å². The van der Waals surface area contributed by atoms with Crippen molar-refractivity contribution in [2.45, 2.75) is 13.8 Å². The molecule has 114 valence electrons. The molecule has 0 fully saturated rings. The first kappa shape index (κ1) is 15.5. The van der Waals surface area contributed by atoms with Crippen molar-refractivity contribution in [3.05, 3.63) is 63.2 Å². The van der Waals surface area contributed by atoms with Gasteiger partial charge in [-0.1, -0.05) is 12.1 Å². The molecule has 0 unspecified atom stereocenters. The average Bonchev–Trinajstić information content (AvgIpc) is 2.51. The first-order chi connectivity index (χ1) is 10.4. The monoisotopic (exact) mass is 300 g/mol. The van der Waals surface area contributed by atoms with Gasteiger partial charge in [0.2, 0.25) is 0 Å². The molecule has 0 saturated carbocycles. The molecule has 1 amide bonds. The molecule has 2 aromatic carbocycles. The summed E-state index contributed by atoms with van der Waals surface area (Å²) in [6.07, 6.45) is 0. The van der Waals surface area contributed by atoms with Crippen molar-refractivity contribution >= 4 is 17.3 Å². The van der Waals surface area contributed by atoms with E-state index >= 15 is 0 Å². The van der Waals surface area contributed by atoms with Gasteiger partial charge in [0, 0.05) is 17.3 Å². The summed E-state index contributed by atoms with van der Waals surface area (Å²) in [5, 5.41) is 13.8. The number of hydrogen-bond acceptors (Lipinski definition) is 4. The van der Waals surface area contributed by atoms with Gasteiger partial charge in [0.15, 0.2) is 5.75 Å². The van der Waals surface area contributed by atoms with Crippen molar-refractivity contribution in [1.29, 1.82) is 0 Å². The third-order valence-corrected chi connectivity index (χ3v) is 3.49. The van der Waals surface area contributed by atoms with E-state index < -0.39 is 10.8 Å². The largest absolute Gasteiger partial charge is 0.490 e. The van der Waals surface area contributed by atoms with Gasteiger partial charge in [-0.3, -0.25) is 14.9 Å². The Labute approximate surface area is 127 Å². The number of carbonyl (C=O) groups is 1. The molecule has 0 aliphatic rings. The zero-order chi connectivity index (χ0) is 16.3. The smallest absolute Gasteiger partial charge is 0.311 e. The third kappa shape index (κ3) is 3.06. The van der Waals surface area contributed by atoms with E-state index in [9.17, 15) is 14.9 Å². The summed E-state index contributed by atoms with van der Waals surface area (Å²) in [5.41, 5.74) is 2.66. The number of anilines is 1. The number of methoxy groups -OCH3 is 1. The molecular weight excluding hydrogens is 284 g/mol. The molecule has 0 atom stereocenters. The van der Waals surface area contributed by atoms with Crippen molar-refractivity contribution in [3.8, 4) is 5.75 Å². The SMILES string of the molecule is COc1ccc(C(=O)Nc2cccc(C)c2C)cc1[N+](=O)[O-]. The maximum Gasteiger partial charge on any atom is 0.311 e. The van der Waals surface area contributed by atoms with Gasteiger partial charge in [0.25, 0.3) is 5.91 Å². The molecule has 0 bridgehead atoms. The second-order valence-corrected chi connectivity index (χ2v) is 4.85. The molecule has 2 rings (SSSR count). The Kier molecular flexibility index (Phi) is 4.41. The summed E-state index contributed by atoms with van der Waals surface area (Å²) in [4.78, 5) is 22.7. The minimum absolute atomic E-state index is 0.119. The molecule has 6 heteroatoms. The van der Waals surface area contributed by atoms with Crippen LogP contribution in [0.25, 0.3) is 0 Å². The Morgan fingerprint density at radius 1 is 1.23 bits per heavy atom. The molecule has 0 heterocycles. The lowest BCUT2D eigenvalue weighted by Gasteiger charge is -2.10. The normalized spacial score (nSPS) is 10.1. The molecule has 0 aromatic heterocycles. The topological polar surface area (TPSA) is 81.5 Å². The van der Waals surface area contributed by atoms with Crippen LogP contribution in [0.1, 0.15) is 21.5 Å². The van der Waals surface area contributed by atoms with E-state index in [2.05, 4.69) is 5.32 Å². The Bertz CT molecular complexity index is 741. The lowest BCUT2D eigenvalue weighted by molar-refractivity contribution is -0.385. The summed E-state index contributed by atoms with van der Waals surface area (Å²) >= 11 is 0. The Morgan fingerprint density at radius 2 is 1.95 bits per heavy atom. The van der Waals surface area contributed by atoms with Gasteiger partial charge < -0.3 is 10.1 Å². The van der Waals surface area contributed by atoms with E-state index in [0.29, 0.717) is 5.69 Å². The van der Waals surface area contributed by atoms with E-state index in [-0.39, 0.29) is 17.0 Å².